The van der Waals surface area contributed by atoms with Gasteiger partial charge in [-0.2, -0.15) is 0 Å². The molecule has 4 aromatic rings. The highest BCUT2D eigenvalue weighted by molar-refractivity contribution is 7.19. The second-order valence-corrected chi connectivity index (χ2v) is 8.62. The molecule has 0 saturated heterocycles. The summed E-state index contributed by atoms with van der Waals surface area (Å²) in [5.41, 5.74) is 1.65. The van der Waals surface area contributed by atoms with Gasteiger partial charge in [-0.05, 0) is 42.8 Å². The lowest BCUT2D eigenvalue weighted by Crippen LogP contribution is -2.27. The summed E-state index contributed by atoms with van der Waals surface area (Å²) in [5, 5.41) is 3.56. The van der Waals surface area contributed by atoms with Crippen molar-refractivity contribution in [1.82, 2.24) is 9.55 Å². The first kappa shape index (κ1) is 20.5. The number of nitrogens with zero attached hydrogens (tertiary/aromatic N) is 2. The predicted octanol–water partition coefficient (Wildman–Crippen LogP) is 5.52. The highest BCUT2D eigenvalue weighted by Crippen LogP contribution is 2.35. The van der Waals surface area contributed by atoms with Gasteiger partial charge in [0.2, 0.25) is 5.91 Å². The van der Waals surface area contributed by atoms with E-state index in [9.17, 15) is 14.0 Å². The molecule has 0 aliphatic carbocycles. The zero-order valence-electron chi connectivity index (χ0n) is 15.6. The molecule has 0 atom stereocenters. The van der Waals surface area contributed by atoms with Gasteiger partial charge in [0.1, 0.15) is 17.2 Å². The van der Waals surface area contributed by atoms with Crippen molar-refractivity contribution in [3.05, 3.63) is 79.9 Å². The summed E-state index contributed by atoms with van der Waals surface area (Å²) in [6.45, 7) is 1.68. The maximum absolute atomic E-state index is 13.3. The van der Waals surface area contributed by atoms with Gasteiger partial charge in [-0.3, -0.25) is 14.2 Å². The molecule has 0 fully saturated rings. The molecule has 2 heterocycles. The van der Waals surface area contributed by atoms with E-state index in [2.05, 4.69) is 10.3 Å². The third-order valence-electron chi connectivity index (χ3n) is 4.51. The topological polar surface area (TPSA) is 64.0 Å². The Morgan fingerprint density at radius 1 is 1.20 bits per heavy atom. The lowest BCUT2D eigenvalue weighted by molar-refractivity contribution is -0.116. The van der Waals surface area contributed by atoms with Crippen LogP contribution in [0.1, 0.15) is 4.88 Å². The third kappa shape index (κ3) is 3.96. The van der Waals surface area contributed by atoms with E-state index < -0.39 is 11.7 Å². The highest BCUT2D eigenvalue weighted by Gasteiger charge is 2.18. The molecule has 152 valence electrons. The Morgan fingerprint density at radius 3 is 2.63 bits per heavy atom. The van der Waals surface area contributed by atoms with Crippen LogP contribution in [0.15, 0.2) is 53.6 Å². The fraction of sp³-hybridized carbons (Fsp3) is 0.0952. The average Bonchev–Trinajstić information content (AvgIpc) is 3.04. The highest BCUT2D eigenvalue weighted by atomic mass is 35.5. The molecule has 2 aromatic carbocycles. The standard InChI is InChI=1S/C21H14Cl2FN3O2S/c1-11-18(12-2-4-13(22)5-3-12)19-20(30-11)25-10-27(21(19)29)9-17(28)26-14-6-7-16(24)15(23)8-14/h2-8,10H,9H2,1H3,(H,26,28). The summed E-state index contributed by atoms with van der Waals surface area (Å²) < 4.78 is 14.5. The largest absolute Gasteiger partial charge is 0.324 e. The van der Waals surface area contributed by atoms with Crippen LogP contribution in [0.25, 0.3) is 21.3 Å². The zero-order chi connectivity index (χ0) is 21.4. The number of fused-ring (bicyclic) bond motifs is 1. The minimum Gasteiger partial charge on any atom is -0.324 e. The Bertz CT molecular complexity index is 1330. The summed E-state index contributed by atoms with van der Waals surface area (Å²) in [6.07, 6.45) is 1.35. The van der Waals surface area contributed by atoms with Crippen LogP contribution in [-0.4, -0.2) is 15.5 Å². The van der Waals surface area contributed by atoms with Crippen molar-refractivity contribution in [3.8, 4) is 11.1 Å². The molecule has 0 aliphatic heterocycles. The summed E-state index contributed by atoms with van der Waals surface area (Å²) in [6, 6.07) is 11.1. The number of thiophene rings is 1. The molecule has 0 aliphatic rings. The maximum Gasteiger partial charge on any atom is 0.263 e. The first-order chi connectivity index (χ1) is 14.3. The number of benzene rings is 2. The molecule has 0 bridgehead atoms. The first-order valence-electron chi connectivity index (χ1n) is 8.83. The van der Waals surface area contributed by atoms with Gasteiger partial charge in [0, 0.05) is 21.2 Å². The van der Waals surface area contributed by atoms with Crippen molar-refractivity contribution < 1.29 is 9.18 Å². The number of nitrogens with one attached hydrogen (secondary N) is 1. The molecule has 4 rings (SSSR count). The smallest absolute Gasteiger partial charge is 0.263 e. The predicted molar refractivity (Wildman–Crippen MR) is 119 cm³/mol. The fourth-order valence-electron chi connectivity index (χ4n) is 3.14. The minimum atomic E-state index is -0.580. The van der Waals surface area contributed by atoms with E-state index in [0.717, 1.165) is 22.1 Å². The minimum absolute atomic E-state index is 0.102. The quantitative estimate of drug-likeness (QED) is 0.435. The van der Waals surface area contributed by atoms with Crippen molar-refractivity contribution in [2.45, 2.75) is 13.5 Å². The van der Waals surface area contributed by atoms with Gasteiger partial charge in [-0.25, -0.2) is 9.37 Å². The molecule has 5 nitrogen and oxygen atoms in total. The number of anilines is 1. The summed E-state index contributed by atoms with van der Waals surface area (Å²) in [7, 11) is 0. The van der Waals surface area contributed by atoms with E-state index in [-0.39, 0.29) is 17.1 Å². The van der Waals surface area contributed by atoms with Crippen LogP contribution in [-0.2, 0) is 11.3 Å². The number of aromatic nitrogens is 2. The van der Waals surface area contributed by atoms with E-state index in [1.807, 2.05) is 19.1 Å². The van der Waals surface area contributed by atoms with E-state index >= 15 is 0 Å². The van der Waals surface area contributed by atoms with Crippen LogP contribution in [0.5, 0.6) is 0 Å². The summed E-state index contributed by atoms with van der Waals surface area (Å²) in [4.78, 5) is 31.5. The molecule has 2 aromatic heterocycles. The van der Waals surface area contributed by atoms with Gasteiger partial charge < -0.3 is 5.32 Å². The second-order valence-electron chi connectivity index (χ2n) is 6.57. The molecular formula is C21H14Cl2FN3O2S. The van der Waals surface area contributed by atoms with Crippen LogP contribution in [0.4, 0.5) is 10.1 Å². The fourth-order valence-corrected chi connectivity index (χ4v) is 4.45. The average molecular weight is 462 g/mol. The Kier molecular flexibility index (Phi) is 5.60. The number of halogens is 3. The van der Waals surface area contributed by atoms with Gasteiger partial charge >= 0.3 is 0 Å². The number of hydrogen-bond acceptors (Lipinski definition) is 4. The third-order valence-corrected chi connectivity index (χ3v) is 6.06. The molecule has 0 spiro atoms. The lowest BCUT2D eigenvalue weighted by atomic mass is 10.0. The Labute approximate surface area is 184 Å². The number of amides is 1. The van der Waals surface area contributed by atoms with Crippen LogP contribution in [0.2, 0.25) is 10.0 Å². The van der Waals surface area contributed by atoms with E-state index in [1.54, 1.807) is 12.1 Å². The van der Waals surface area contributed by atoms with Crippen molar-refractivity contribution in [2.24, 2.45) is 0 Å². The Morgan fingerprint density at radius 2 is 1.93 bits per heavy atom. The van der Waals surface area contributed by atoms with E-state index in [4.69, 9.17) is 23.2 Å². The molecule has 30 heavy (non-hydrogen) atoms. The number of carbonyl (C=O) groups excluding carboxylic acids is 1. The van der Waals surface area contributed by atoms with Crippen LogP contribution >= 0.6 is 34.5 Å². The summed E-state index contributed by atoms with van der Waals surface area (Å²) >= 11 is 13.1. The monoisotopic (exact) mass is 461 g/mol. The molecule has 0 saturated carbocycles. The van der Waals surface area contributed by atoms with E-state index in [1.165, 1.54) is 34.4 Å². The Balaban J connectivity index is 1.68. The van der Waals surface area contributed by atoms with Crippen molar-refractivity contribution in [1.29, 1.82) is 0 Å². The first-order valence-corrected chi connectivity index (χ1v) is 10.4. The van der Waals surface area contributed by atoms with Gasteiger partial charge in [0.15, 0.2) is 0 Å². The second kappa shape index (κ2) is 8.18. The number of hydrogen-bond donors (Lipinski definition) is 1. The molecule has 0 radical (unpaired) electrons. The maximum atomic E-state index is 13.3. The molecular weight excluding hydrogens is 448 g/mol. The van der Waals surface area contributed by atoms with Gasteiger partial charge in [0.05, 0.1) is 16.7 Å². The van der Waals surface area contributed by atoms with Gasteiger partial charge in [0.25, 0.3) is 5.56 Å². The molecule has 1 amide bonds. The lowest BCUT2D eigenvalue weighted by Gasteiger charge is -2.08. The van der Waals surface area contributed by atoms with Crippen LogP contribution < -0.4 is 10.9 Å². The zero-order valence-corrected chi connectivity index (χ0v) is 17.9. The summed E-state index contributed by atoms with van der Waals surface area (Å²) in [5.74, 6) is -1.04. The van der Waals surface area contributed by atoms with Crippen LogP contribution in [0, 0.1) is 12.7 Å². The molecule has 0 unspecified atom stereocenters. The van der Waals surface area contributed by atoms with Gasteiger partial charge in [-0.1, -0.05) is 35.3 Å². The van der Waals surface area contributed by atoms with Gasteiger partial charge in [-0.15, -0.1) is 11.3 Å². The SMILES string of the molecule is Cc1sc2ncn(CC(=O)Nc3ccc(F)c(Cl)c3)c(=O)c2c1-c1ccc(Cl)cc1. The van der Waals surface area contributed by atoms with Crippen molar-refractivity contribution >= 4 is 56.3 Å². The van der Waals surface area contributed by atoms with Crippen LogP contribution in [0.3, 0.4) is 0 Å². The van der Waals surface area contributed by atoms with E-state index in [0.29, 0.717) is 20.9 Å². The number of aryl methyl sites for hydroxylation is 1. The number of rotatable bonds is 4. The van der Waals surface area contributed by atoms with Crippen molar-refractivity contribution in [2.75, 3.05) is 5.32 Å². The van der Waals surface area contributed by atoms with Crippen molar-refractivity contribution in [3.63, 3.8) is 0 Å². The normalized spacial score (nSPS) is 11.1. The molecule has 1 N–H and O–H groups in total. The Hall–Kier alpha value is -2.74. The number of carbonyl (C=O) groups is 1. The molecule has 9 heteroatoms.